The van der Waals surface area contributed by atoms with Crippen molar-refractivity contribution in [3.63, 3.8) is 0 Å². The summed E-state index contributed by atoms with van der Waals surface area (Å²) in [4.78, 5) is 0. The second-order valence-corrected chi connectivity index (χ2v) is 14.1. The lowest BCUT2D eigenvalue weighted by atomic mass is 9.70. The fourth-order valence-corrected chi connectivity index (χ4v) is 6.70. The van der Waals surface area contributed by atoms with Crippen LogP contribution in [0.15, 0.2) is 146 Å². The third-order valence-electron chi connectivity index (χ3n) is 9.97. The molecule has 0 aliphatic carbocycles. The third kappa shape index (κ3) is 8.16. The van der Waals surface area contributed by atoms with Crippen molar-refractivity contribution in [1.29, 1.82) is 0 Å². The predicted molar refractivity (Wildman–Crippen MR) is 210 cm³/mol. The molecule has 3 fully saturated rings. The van der Waals surface area contributed by atoms with Crippen molar-refractivity contribution in [3.8, 4) is 51.7 Å². The van der Waals surface area contributed by atoms with E-state index >= 15 is 0 Å². The van der Waals surface area contributed by atoms with Crippen LogP contribution in [-0.4, -0.2) is 58.0 Å². The summed E-state index contributed by atoms with van der Waals surface area (Å²) in [5.41, 5.74) is 1.69. The number of rotatable bonds is 18. The Morgan fingerprint density at radius 3 is 0.875 bits per heavy atom. The monoisotopic (exact) mass is 750 g/mol. The van der Waals surface area contributed by atoms with E-state index in [4.69, 9.17) is 42.6 Å². The minimum atomic E-state index is -0.934. The van der Waals surface area contributed by atoms with Crippen LogP contribution in [0.2, 0.25) is 0 Å². The molecule has 0 radical (unpaired) electrons. The maximum absolute atomic E-state index is 6.85. The number of benzene rings is 6. The molecule has 3 aliphatic rings. The largest absolute Gasteiger partial charge is 0.487 e. The van der Waals surface area contributed by atoms with Gasteiger partial charge in [-0.25, -0.2) is 0 Å². The van der Waals surface area contributed by atoms with E-state index in [9.17, 15) is 0 Å². The van der Waals surface area contributed by atoms with Crippen molar-refractivity contribution in [2.24, 2.45) is 0 Å². The first-order valence-electron chi connectivity index (χ1n) is 18.9. The minimum absolute atomic E-state index is 0.0989. The summed E-state index contributed by atoms with van der Waals surface area (Å²) in [6.07, 6.45) is 0.297. The maximum atomic E-state index is 6.85. The number of hydrogen-bond acceptors (Lipinski definition) is 9. The number of epoxide rings is 3. The molecule has 6 aromatic rings. The topological polar surface area (TPSA) is 93.0 Å². The average Bonchev–Trinajstić information content (AvgIpc) is 4.08. The van der Waals surface area contributed by atoms with Gasteiger partial charge >= 0.3 is 0 Å². The Balaban J connectivity index is 1.16. The van der Waals surface area contributed by atoms with Crippen LogP contribution in [0.25, 0.3) is 0 Å². The van der Waals surface area contributed by atoms with Crippen molar-refractivity contribution >= 4 is 0 Å². The molecule has 0 amide bonds. The molecule has 0 bridgehead atoms. The maximum Gasteiger partial charge on any atom is 0.169 e. The van der Waals surface area contributed by atoms with Crippen LogP contribution in [-0.2, 0) is 19.6 Å². The van der Waals surface area contributed by atoms with Crippen LogP contribution >= 0.6 is 0 Å². The molecule has 9 rings (SSSR count). The first kappa shape index (κ1) is 35.7. The van der Waals surface area contributed by atoms with Crippen molar-refractivity contribution in [2.75, 3.05) is 39.6 Å². The summed E-state index contributed by atoms with van der Waals surface area (Å²) >= 11 is 0. The Morgan fingerprint density at radius 2 is 0.607 bits per heavy atom. The van der Waals surface area contributed by atoms with Gasteiger partial charge in [0.1, 0.15) is 55.4 Å². The van der Waals surface area contributed by atoms with Gasteiger partial charge in [-0.2, -0.15) is 0 Å². The van der Waals surface area contributed by atoms with E-state index in [2.05, 4.69) is 25.1 Å². The third-order valence-corrected chi connectivity index (χ3v) is 9.97. The van der Waals surface area contributed by atoms with E-state index in [1.807, 2.05) is 127 Å². The SMILES string of the molecule is CC(c1ccccc1Oc1ccccc1OCC1CO1)(c1ccccc1Oc1ccccc1OCC1CO1)c1ccccc1Oc1ccccc1OCC1CO1. The summed E-state index contributed by atoms with van der Waals surface area (Å²) in [5, 5.41) is 0. The second-order valence-electron chi connectivity index (χ2n) is 14.1. The van der Waals surface area contributed by atoms with Gasteiger partial charge in [-0.1, -0.05) is 91.0 Å². The first-order valence-corrected chi connectivity index (χ1v) is 18.9. The quantitative estimate of drug-likeness (QED) is 0.0629. The molecule has 6 aromatic carbocycles. The molecule has 3 heterocycles. The number of ether oxygens (including phenoxy) is 9. The smallest absolute Gasteiger partial charge is 0.169 e. The molecular weight excluding hydrogens is 709 g/mol. The van der Waals surface area contributed by atoms with E-state index in [-0.39, 0.29) is 18.3 Å². The van der Waals surface area contributed by atoms with Gasteiger partial charge in [0.25, 0.3) is 0 Å². The molecule has 0 saturated carbocycles. The van der Waals surface area contributed by atoms with E-state index < -0.39 is 5.41 Å². The van der Waals surface area contributed by atoms with Crippen LogP contribution in [0.5, 0.6) is 51.7 Å². The highest BCUT2D eigenvalue weighted by atomic mass is 16.6. The molecule has 284 valence electrons. The molecule has 9 heteroatoms. The molecule has 0 N–H and O–H groups in total. The molecule has 0 spiro atoms. The van der Waals surface area contributed by atoms with E-state index in [1.165, 1.54) is 0 Å². The minimum Gasteiger partial charge on any atom is -0.487 e. The Labute approximate surface area is 326 Å². The number of hydrogen-bond donors (Lipinski definition) is 0. The molecule has 3 saturated heterocycles. The first-order chi connectivity index (χ1) is 27.6. The van der Waals surface area contributed by atoms with Crippen LogP contribution in [0.3, 0.4) is 0 Å². The zero-order valence-corrected chi connectivity index (χ0v) is 31.0. The lowest BCUT2D eigenvalue weighted by Crippen LogP contribution is -2.27. The normalized spacial score (nSPS) is 18.9. The molecular formula is C47H42O9. The fraction of sp³-hybridized carbons (Fsp3) is 0.234. The molecule has 3 aliphatic heterocycles. The zero-order valence-electron chi connectivity index (χ0n) is 31.0. The lowest BCUT2D eigenvalue weighted by Gasteiger charge is -2.35. The highest BCUT2D eigenvalue weighted by molar-refractivity contribution is 5.63. The Hall–Kier alpha value is -6.00. The van der Waals surface area contributed by atoms with Gasteiger partial charge in [-0.15, -0.1) is 0 Å². The summed E-state index contributed by atoms with van der Waals surface area (Å²) in [6, 6.07) is 47.3. The summed E-state index contributed by atoms with van der Waals surface area (Å²) in [6.45, 7) is 5.62. The van der Waals surface area contributed by atoms with E-state index in [0.717, 1.165) is 16.7 Å². The lowest BCUT2D eigenvalue weighted by molar-refractivity contribution is 0.254. The van der Waals surface area contributed by atoms with E-state index in [0.29, 0.717) is 91.4 Å². The van der Waals surface area contributed by atoms with Gasteiger partial charge in [0, 0.05) is 16.7 Å². The van der Waals surface area contributed by atoms with Gasteiger partial charge in [0.2, 0.25) is 0 Å². The standard InChI is InChI=1S/C47H42O9/c1-47(35-14-2-5-17-38(35)54-44-23-11-8-20-41(44)51-29-32-26-48-32,36-15-3-6-18-39(36)55-45-24-12-9-21-42(45)52-30-33-27-49-33)37-16-4-7-19-40(37)56-46-25-13-10-22-43(46)53-31-34-28-50-34/h2-25,32-34H,26-31H2,1H3. The van der Waals surface area contributed by atoms with Gasteiger partial charge < -0.3 is 42.6 Å². The molecule has 3 atom stereocenters. The second kappa shape index (κ2) is 16.0. The summed E-state index contributed by atoms with van der Waals surface area (Å²) < 4.78 is 55.3. The van der Waals surface area contributed by atoms with Crippen molar-refractivity contribution in [3.05, 3.63) is 162 Å². The molecule has 9 nitrogen and oxygen atoms in total. The fourth-order valence-electron chi connectivity index (χ4n) is 6.70. The Kier molecular flexibility index (Phi) is 10.2. The van der Waals surface area contributed by atoms with Crippen molar-refractivity contribution in [2.45, 2.75) is 30.7 Å². The predicted octanol–water partition coefficient (Wildman–Crippen LogP) is 9.75. The van der Waals surface area contributed by atoms with Gasteiger partial charge in [0.15, 0.2) is 34.5 Å². The van der Waals surface area contributed by atoms with Gasteiger partial charge in [0.05, 0.1) is 25.2 Å². The molecule has 0 aromatic heterocycles. The van der Waals surface area contributed by atoms with Crippen LogP contribution in [0.1, 0.15) is 23.6 Å². The number of para-hydroxylation sites is 9. The highest BCUT2D eigenvalue weighted by Crippen LogP contribution is 2.52. The van der Waals surface area contributed by atoms with Gasteiger partial charge in [-0.3, -0.25) is 0 Å². The summed E-state index contributed by atoms with van der Waals surface area (Å²) in [7, 11) is 0. The van der Waals surface area contributed by atoms with Crippen LogP contribution < -0.4 is 28.4 Å². The zero-order chi connectivity index (χ0) is 37.7. The van der Waals surface area contributed by atoms with Gasteiger partial charge in [-0.05, 0) is 61.5 Å². The highest BCUT2D eigenvalue weighted by Gasteiger charge is 2.39. The molecule has 3 unspecified atom stereocenters. The van der Waals surface area contributed by atoms with E-state index in [1.54, 1.807) is 0 Å². The van der Waals surface area contributed by atoms with Crippen molar-refractivity contribution in [1.82, 2.24) is 0 Å². The Morgan fingerprint density at radius 1 is 0.375 bits per heavy atom. The molecule has 56 heavy (non-hydrogen) atoms. The summed E-state index contributed by atoms with van der Waals surface area (Å²) in [5.74, 6) is 5.59. The Bertz CT molecular complexity index is 2020. The van der Waals surface area contributed by atoms with Crippen LogP contribution in [0.4, 0.5) is 0 Å². The van der Waals surface area contributed by atoms with Crippen LogP contribution in [0, 0.1) is 0 Å². The van der Waals surface area contributed by atoms with Crippen molar-refractivity contribution < 1.29 is 42.6 Å². The average molecular weight is 751 g/mol.